The Morgan fingerprint density at radius 3 is 1.17 bits per heavy atom. The third-order valence-corrected chi connectivity index (χ3v) is 10.8. The van der Waals surface area contributed by atoms with Gasteiger partial charge in [-0.25, -0.2) is 0 Å². The highest BCUT2D eigenvalue weighted by atomic mass is 16.6. The largest absolute Gasteiger partial charge is 0.462 e. The first-order valence-corrected chi connectivity index (χ1v) is 25.2. The smallest absolute Gasteiger partial charge is 0.306 e. The molecule has 0 saturated heterocycles. The molecule has 1 atom stereocenters. The van der Waals surface area contributed by atoms with Gasteiger partial charge >= 0.3 is 17.9 Å². The summed E-state index contributed by atoms with van der Waals surface area (Å²) >= 11 is 0. The molecular weight excluding hydrogens is 733 g/mol. The molecule has 0 N–H and O–H groups in total. The minimum Gasteiger partial charge on any atom is -0.462 e. The van der Waals surface area contributed by atoms with Crippen molar-refractivity contribution >= 4 is 17.9 Å². The lowest BCUT2D eigenvalue weighted by Gasteiger charge is -2.18. The molecule has 0 aromatic heterocycles. The third-order valence-electron chi connectivity index (χ3n) is 10.8. The molecule has 0 fully saturated rings. The predicted octanol–water partition coefficient (Wildman–Crippen LogP) is 16.3. The van der Waals surface area contributed by atoms with Crippen molar-refractivity contribution in [3.8, 4) is 0 Å². The van der Waals surface area contributed by atoms with Crippen molar-refractivity contribution in [2.75, 3.05) is 13.2 Å². The van der Waals surface area contributed by atoms with Crippen LogP contribution in [0.3, 0.4) is 0 Å². The Kier molecular flexibility index (Phi) is 45.9. The van der Waals surface area contributed by atoms with Gasteiger partial charge in [-0.2, -0.15) is 0 Å². The van der Waals surface area contributed by atoms with E-state index in [1.165, 1.54) is 128 Å². The molecule has 1 unspecified atom stereocenters. The number of allylic oxidation sites excluding steroid dienone is 8. The third kappa shape index (κ3) is 46.3. The van der Waals surface area contributed by atoms with Gasteiger partial charge in [0.1, 0.15) is 13.2 Å². The monoisotopic (exact) mass is 827 g/mol. The van der Waals surface area contributed by atoms with Gasteiger partial charge in [0.05, 0.1) is 0 Å². The first-order valence-electron chi connectivity index (χ1n) is 25.2. The van der Waals surface area contributed by atoms with E-state index < -0.39 is 6.10 Å². The van der Waals surface area contributed by atoms with E-state index >= 15 is 0 Å². The molecule has 6 heteroatoms. The zero-order valence-electron chi connectivity index (χ0n) is 39.0. The number of ether oxygens (including phenoxy) is 3. The van der Waals surface area contributed by atoms with Crippen LogP contribution in [0.4, 0.5) is 0 Å². The normalized spacial score (nSPS) is 12.4. The fourth-order valence-electron chi connectivity index (χ4n) is 7.06. The van der Waals surface area contributed by atoms with E-state index in [9.17, 15) is 14.4 Å². The molecule has 0 rings (SSSR count). The number of hydrogen-bond donors (Lipinski definition) is 0. The highest BCUT2D eigenvalue weighted by molar-refractivity contribution is 5.71. The highest BCUT2D eigenvalue weighted by Crippen LogP contribution is 2.15. The van der Waals surface area contributed by atoms with Crippen LogP contribution < -0.4 is 0 Å². The van der Waals surface area contributed by atoms with Crippen LogP contribution in [0, 0.1) is 0 Å². The van der Waals surface area contributed by atoms with E-state index in [4.69, 9.17) is 14.2 Å². The number of hydrogen-bond acceptors (Lipinski definition) is 6. The fourth-order valence-corrected chi connectivity index (χ4v) is 7.06. The molecule has 0 aliphatic rings. The molecule has 0 aromatic carbocycles. The van der Waals surface area contributed by atoms with Gasteiger partial charge in [0.2, 0.25) is 0 Å². The standard InChI is InChI=1S/C53H94O6/c1-4-7-10-13-16-19-21-23-25-27-29-31-34-37-40-43-46-52(55)58-49-50(48-57-51(54)45-42-39-36-33-18-15-12-9-6-3)59-53(56)47-44-41-38-35-32-30-28-26-24-22-20-17-14-11-8-5-2/h9,12,18,25,27,29,31,33,50H,4-8,10-11,13-17,19-24,26,28,30,32,34-49H2,1-3H3/b12-9-,27-25-,31-29-,33-18-. The number of carbonyl (C=O) groups is 3. The second-order valence-electron chi connectivity index (χ2n) is 16.7. The maximum absolute atomic E-state index is 12.8. The maximum Gasteiger partial charge on any atom is 0.306 e. The lowest BCUT2D eigenvalue weighted by atomic mass is 10.0. The average molecular weight is 827 g/mol. The molecule has 0 spiro atoms. The van der Waals surface area contributed by atoms with Crippen LogP contribution in [0.2, 0.25) is 0 Å². The lowest BCUT2D eigenvalue weighted by Crippen LogP contribution is -2.30. The first kappa shape index (κ1) is 56.4. The molecule has 6 nitrogen and oxygen atoms in total. The predicted molar refractivity (Wildman–Crippen MR) is 252 cm³/mol. The summed E-state index contributed by atoms with van der Waals surface area (Å²) in [6, 6.07) is 0. The molecule has 0 aliphatic carbocycles. The Morgan fingerprint density at radius 2 is 0.712 bits per heavy atom. The van der Waals surface area contributed by atoms with Crippen LogP contribution in [-0.2, 0) is 28.6 Å². The molecule has 0 heterocycles. The summed E-state index contributed by atoms with van der Waals surface area (Å²) in [6.45, 7) is 6.47. The van der Waals surface area contributed by atoms with Crippen molar-refractivity contribution in [3.63, 3.8) is 0 Å². The number of rotatable bonds is 45. The van der Waals surface area contributed by atoms with Crippen molar-refractivity contribution in [3.05, 3.63) is 48.6 Å². The minimum atomic E-state index is -0.792. The number of esters is 3. The first-order chi connectivity index (χ1) is 29.0. The van der Waals surface area contributed by atoms with Crippen LogP contribution in [-0.4, -0.2) is 37.2 Å². The van der Waals surface area contributed by atoms with Crippen LogP contribution in [0.5, 0.6) is 0 Å². The molecular formula is C53H94O6. The zero-order chi connectivity index (χ0) is 43.0. The summed E-state index contributed by atoms with van der Waals surface area (Å²) in [5.74, 6) is -0.950. The van der Waals surface area contributed by atoms with Gasteiger partial charge in [0.25, 0.3) is 0 Å². The molecule has 59 heavy (non-hydrogen) atoms. The van der Waals surface area contributed by atoms with Crippen LogP contribution in [0.25, 0.3) is 0 Å². The van der Waals surface area contributed by atoms with Crippen molar-refractivity contribution in [2.24, 2.45) is 0 Å². The van der Waals surface area contributed by atoms with Gasteiger partial charge in [0.15, 0.2) is 6.10 Å². The molecule has 0 aromatic rings. The van der Waals surface area contributed by atoms with Crippen molar-refractivity contribution in [1.29, 1.82) is 0 Å². The van der Waals surface area contributed by atoms with Gasteiger partial charge in [-0.3, -0.25) is 14.4 Å². The van der Waals surface area contributed by atoms with Crippen LogP contribution >= 0.6 is 0 Å². The summed E-state index contributed by atoms with van der Waals surface area (Å²) < 4.78 is 16.7. The Bertz CT molecular complexity index is 1040. The van der Waals surface area contributed by atoms with Crippen LogP contribution in [0.15, 0.2) is 48.6 Å². The van der Waals surface area contributed by atoms with Gasteiger partial charge in [0, 0.05) is 19.3 Å². The fraction of sp³-hybridized carbons (Fsp3) is 0.792. The summed E-state index contributed by atoms with van der Waals surface area (Å²) in [6.07, 6.45) is 56.8. The highest BCUT2D eigenvalue weighted by Gasteiger charge is 2.19. The van der Waals surface area contributed by atoms with E-state index in [1.807, 2.05) is 0 Å². The van der Waals surface area contributed by atoms with E-state index in [1.54, 1.807) is 0 Å². The molecule has 342 valence electrons. The summed E-state index contributed by atoms with van der Waals surface area (Å²) in [5.41, 5.74) is 0. The quantitative estimate of drug-likeness (QED) is 0.0200. The van der Waals surface area contributed by atoms with E-state index in [0.717, 1.165) is 83.5 Å². The Labute approximate surface area is 365 Å². The SMILES string of the molecule is CC/C=C\C/C=C\CCCCC(=O)OCC(COC(=O)CCCCC/C=C\C=C/CCCCCCCCC)OC(=O)CCCCCCCCCCCCCCCCCC. The molecule has 0 bridgehead atoms. The van der Waals surface area contributed by atoms with E-state index in [0.29, 0.717) is 19.3 Å². The number of carbonyl (C=O) groups excluding carboxylic acids is 3. The second kappa shape index (κ2) is 48.0. The maximum atomic E-state index is 12.8. The summed E-state index contributed by atoms with van der Waals surface area (Å²) in [5, 5.41) is 0. The van der Waals surface area contributed by atoms with Crippen molar-refractivity contribution < 1.29 is 28.6 Å². The average Bonchev–Trinajstić information content (AvgIpc) is 3.23. The topological polar surface area (TPSA) is 78.9 Å². The summed E-state index contributed by atoms with van der Waals surface area (Å²) in [4.78, 5) is 37.8. The lowest BCUT2D eigenvalue weighted by molar-refractivity contribution is -0.167. The molecule has 0 saturated carbocycles. The Balaban J connectivity index is 4.37. The van der Waals surface area contributed by atoms with Crippen molar-refractivity contribution in [2.45, 2.75) is 258 Å². The van der Waals surface area contributed by atoms with Crippen molar-refractivity contribution in [1.82, 2.24) is 0 Å². The molecule has 0 radical (unpaired) electrons. The zero-order valence-corrected chi connectivity index (χ0v) is 39.0. The number of unbranched alkanes of at least 4 members (excludes halogenated alkanes) is 27. The van der Waals surface area contributed by atoms with Gasteiger partial charge in [-0.1, -0.05) is 211 Å². The summed E-state index contributed by atoms with van der Waals surface area (Å²) in [7, 11) is 0. The van der Waals surface area contributed by atoms with E-state index in [2.05, 4.69) is 69.4 Å². The Hall–Kier alpha value is -2.63. The van der Waals surface area contributed by atoms with Gasteiger partial charge in [-0.15, -0.1) is 0 Å². The van der Waals surface area contributed by atoms with Gasteiger partial charge < -0.3 is 14.2 Å². The molecule has 0 aliphatic heterocycles. The minimum absolute atomic E-state index is 0.0952. The molecule has 0 amide bonds. The second-order valence-corrected chi connectivity index (χ2v) is 16.7. The Morgan fingerprint density at radius 1 is 0.373 bits per heavy atom. The van der Waals surface area contributed by atoms with Crippen LogP contribution in [0.1, 0.15) is 252 Å². The van der Waals surface area contributed by atoms with Gasteiger partial charge in [-0.05, 0) is 70.6 Å². The van der Waals surface area contributed by atoms with E-state index in [-0.39, 0.29) is 31.1 Å².